The zero-order valence-corrected chi connectivity index (χ0v) is 22.5. The Morgan fingerprint density at radius 2 is 1.78 bits per heavy atom. The highest BCUT2D eigenvalue weighted by Crippen LogP contribution is 2.35. The van der Waals surface area contributed by atoms with Gasteiger partial charge in [0.05, 0.1) is 16.3 Å². The lowest BCUT2D eigenvalue weighted by Gasteiger charge is -2.24. The van der Waals surface area contributed by atoms with Crippen molar-refractivity contribution in [3.8, 4) is 11.3 Å². The number of H-pyrrole nitrogens is 1. The van der Waals surface area contributed by atoms with Crippen LogP contribution in [0, 0.1) is 0 Å². The van der Waals surface area contributed by atoms with Crippen molar-refractivity contribution < 1.29 is 8.42 Å². The Morgan fingerprint density at radius 1 is 1.00 bits per heavy atom. The predicted molar refractivity (Wildman–Crippen MR) is 150 cm³/mol. The van der Waals surface area contributed by atoms with E-state index in [9.17, 15) is 8.42 Å². The summed E-state index contributed by atoms with van der Waals surface area (Å²) in [5, 5.41) is 5.25. The molecule has 0 bridgehead atoms. The number of aryl methyl sites for hydroxylation is 1. The Morgan fingerprint density at radius 3 is 2.54 bits per heavy atom. The number of sulfone groups is 1. The smallest absolute Gasteiger partial charge is 0.229 e. The monoisotopic (exact) mass is 517 g/mol. The van der Waals surface area contributed by atoms with Crippen molar-refractivity contribution in [3.05, 3.63) is 60.9 Å². The molecule has 0 saturated carbocycles. The van der Waals surface area contributed by atoms with E-state index in [-0.39, 0.29) is 4.90 Å². The molecule has 0 radical (unpaired) electrons. The Bertz CT molecular complexity index is 1700. The van der Waals surface area contributed by atoms with Crippen LogP contribution in [0.4, 0.5) is 17.3 Å². The lowest BCUT2D eigenvalue weighted by Crippen LogP contribution is -2.29. The number of benzene rings is 2. The summed E-state index contributed by atoms with van der Waals surface area (Å²) in [7, 11) is 4.43. The zero-order valence-electron chi connectivity index (χ0n) is 21.6. The number of para-hydroxylation sites is 1. The first-order valence-corrected chi connectivity index (χ1v) is 13.9. The first kappa shape index (κ1) is 24.8. The molecule has 0 saturated heterocycles. The lowest BCUT2D eigenvalue weighted by molar-refractivity contribution is 0.416. The Balaban J connectivity index is 1.56. The molecule has 5 rings (SSSR count). The van der Waals surface area contributed by atoms with Crippen LogP contribution in [0.2, 0.25) is 0 Å². The second-order valence-corrected chi connectivity index (χ2v) is 11.6. The van der Waals surface area contributed by atoms with Crippen molar-refractivity contribution in [1.29, 1.82) is 0 Å². The SMILES string of the molecule is CN(C)CCN(C)c1ccc(Nc2nc(-c3cn(C)c4ccccc34)c3cc[nH]c3n2)cc1S(C)(=O)=O. The van der Waals surface area contributed by atoms with E-state index in [0.717, 1.165) is 34.1 Å². The molecule has 0 unspecified atom stereocenters. The fourth-order valence-electron chi connectivity index (χ4n) is 4.54. The maximum atomic E-state index is 12.7. The van der Waals surface area contributed by atoms with Gasteiger partial charge >= 0.3 is 0 Å². The summed E-state index contributed by atoms with van der Waals surface area (Å²) >= 11 is 0. The van der Waals surface area contributed by atoms with Crippen LogP contribution >= 0.6 is 0 Å². The minimum absolute atomic E-state index is 0.258. The van der Waals surface area contributed by atoms with Gasteiger partial charge in [0, 0.05) is 73.4 Å². The van der Waals surface area contributed by atoms with Crippen molar-refractivity contribution in [2.24, 2.45) is 7.05 Å². The van der Waals surface area contributed by atoms with E-state index in [1.54, 1.807) is 6.07 Å². The molecule has 2 aromatic carbocycles. The third kappa shape index (κ3) is 4.90. The van der Waals surface area contributed by atoms with Crippen LogP contribution in [0.15, 0.2) is 65.8 Å². The maximum Gasteiger partial charge on any atom is 0.229 e. The fraction of sp³-hybridized carbons (Fsp3) is 0.259. The number of nitrogens with one attached hydrogen (secondary N) is 2. The number of hydrogen-bond acceptors (Lipinski definition) is 7. The summed E-state index contributed by atoms with van der Waals surface area (Å²) in [5.41, 5.74) is 4.87. The van der Waals surface area contributed by atoms with Crippen molar-refractivity contribution >= 4 is 49.1 Å². The molecule has 0 amide bonds. The number of nitrogens with zero attached hydrogens (tertiary/aromatic N) is 5. The molecule has 0 aliphatic carbocycles. The van der Waals surface area contributed by atoms with Gasteiger partial charge in [0.2, 0.25) is 5.95 Å². The van der Waals surface area contributed by atoms with Crippen LogP contribution in [0.1, 0.15) is 0 Å². The molecule has 3 aromatic heterocycles. The van der Waals surface area contributed by atoms with Crippen molar-refractivity contribution in [2.45, 2.75) is 4.90 Å². The number of aromatic amines is 1. The minimum atomic E-state index is -3.48. The third-order valence-electron chi connectivity index (χ3n) is 6.48. The largest absolute Gasteiger partial charge is 0.372 e. The number of anilines is 3. The number of rotatable bonds is 8. The second kappa shape index (κ2) is 9.53. The van der Waals surface area contributed by atoms with E-state index < -0.39 is 9.84 Å². The van der Waals surface area contributed by atoms with Gasteiger partial charge in [-0.2, -0.15) is 4.98 Å². The Kier molecular flexibility index (Phi) is 6.38. The normalized spacial score (nSPS) is 12.1. The van der Waals surface area contributed by atoms with Gasteiger partial charge in [-0.3, -0.25) is 0 Å². The highest BCUT2D eigenvalue weighted by molar-refractivity contribution is 7.90. The predicted octanol–water partition coefficient (Wildman–Crippen LogP) is 4.26. The molecule has 9 nitrogen and oxygen atoms in total. The summed E-state index contributed by atoms with van der Waals surface area (Å²) in [6.45, 7) is 1.50. The standard InChI is InChI=1S/C27H31N7O2S/c1-32(2)14-15-33(3)23-11-10-18(16-24(23)37(5,35)36)29-27-30-25(20-12-13-28-26(20)31-27)21-17-34(4)22-9-7-6-8-19(21)22/h6-13,16-17H,14-15H2,1-5H3,(H2,28,29,30,31). The molecule has 192 valence electrons. The van der Waals surface area contributed by atoms with Crippen LogP contribution < -0.4 is 10.2 Å². The van der Waals surface area contributed by atoms with E-state index in [4.69, 9.17) is 4.98 Å². The topological polar surface area (TPSA) is 99.1 Å². The number of aromatic nitrogens is 4. The molecule has 10 heteroatoms. The van der Waals surface area contributed by atoms with Crippen LogP contribution in [0.25, 0.3) is 33.2 Å². The summed E-state index contributed by atoms with van der Waals surface area (Å²) < 4.78 is 27.5. The lowest BCUT2D eigenvalue weighted by atomic mass is 10.1. The second-order valence-electron chi connectivity index (χ2n) is 9.61. The first-order valence-electron chi connectivity index (χ1n) is 12.0. The van der Waals surface area contributed by atoms with Gasteiger partial charge in [-0.15, -0.1) is 0 Å². The van der Waals surface area contributed by atoms with E-state index in [2.05, 4.69) is 43.1 Å². The first-order chi connectivity index (χ1) is 17.6. The van der Waals surface area contributed by atoms with E-state index >= 15 is 0 Å². The summed E-state index contributed by atoms with van der Waals surface area (Å²) in [4.78, 5) is 17.0. The third-order valence-corrected chi connectivity index (χ3v) is 7.60. The van der Waals surface area contributed by atoms with Crippen molar-refractivity contribution in [3.63, 3.8) is 0 Å². The quantitative estimate of drug-likeness (QED) is 0.317. The average Bonchev–Trinajstić information content (AvgIpc) is 3.46. The van der Waals surface area contributed by atoms with Crippen molar-refractivity contribution in [2.75, 3.05) is 50.7 Å². The molecule has 37 heavy (non-hydrogen) atoms. The number of hydrogen-bond donors (Lipinski definition) is 2. The van der Waals surface area contributed by atoms with E-state index in [1.165, 1.54) is 6.26 Å². The molecule has 2 N–H and O–H groups in total. The van der Waals surface area contributed by atoms with Gasteiger partial charge in [0.1, 0.15) is 5.65 Å². The maximum absolute atomic E-state index is 12.7. The van der Waals surface area contributed by atoms with Gasteiger partial charge in [-0.25, -0.2) is 13.4 Å². The Hall–Kier alpha value is -3.89. The molecule has 0 spiro atoms. The minimum Gasteiger partial charge on any atom is -0.372 e. The van der Waals surface area contributed by atoms with E-state index in [0.29, 0.717) is 29.5 Å². The summed E-state index contributed by atoms with van der Waals surface area (Å²) in [6.07, 6.45) is 5.15. The fourth-order valence-corrected chi connectivity index (χ4v) is 5.48. The van der Waals surface area contributed by atoms with Gasteiger partial charge in [-0.1, -0.05) is 18.2 Å². The van der Waals surface area contributed by atoms with Crippen LogP contribution in [0.3, 0.4) is 0 Å². The van der Waals surface area contributed by atoms with Crippen LogP contribution in [-0.2, 0) is 16.9 Å². The van der Waals surface area contributed by atoms with Gasteiger partial charge < -0.3 is 24.7 Å². The molecule has 5 aromatic rings. The van der Waals surface area contributed by atoms with Crippen molar-refractivity contribution in [1.82, 2.24) is 24.4 Å². The van der Waals surface area contributed by atoms with E-state index in [1.807, 2.05) is 69.6 Å². The van der Waals surface area contributed by atoms with Gasteiger partial charge in [0.25, 0.3) is 0 Å². The molecule has 0 aliphatic rings. The van der Waals surface area contributed by atoms with Gasteiger partial charge in [0.15, 0.2) is 9.84 Å². The summed E-state index contributed by atoms with van der Waals surface area (Å²) in [6, 6.07) is 15.5. The molecular formula is C27H31N7O2S. The summed E-state index contributed by atoms with van der Waals surface area (Å²) in [5.74, 6) is 0.381. The number of fused-ring (bicyclic) bond motifs is 2. The highest BCUT2D eigenvalue weighted by Gasteiger charge is 2.19. The number of likely N-dealkylation sites (N-methyl/N-ethyl adjacent to an activating group) is 2. The Labute approximate surface area is 216 Å². The van der Waals surface area contributed by atoms with Gasteiger partial charge in [-0.05, 0) is 44.4 Å². The molecule has 0 aliphatic heterocycles. The van der Waals surface area contributed by atoms with Crippen LogP contribution in [0.5, 0.6) is 0 Å². The molecule has 0 fully saturated rings. The molecular weight excluding hydrogens is 486 g/mol. The zero-order chi connectivity index (χ0) is 26.3. The molecule has 0 atom stereocenters. The molecule has 3 heterocycles. The highest BCUT2D eigenvalue weighted by atomic mass is 32.2. The van der Waals surface area contributed by atoms with Crippen LogP contribution in [-0.4, -0.2) is 73.3 Å². The average molecular weight is 518 g/mol.